The van der Waals surface area contributed by atoms with Gasteiger partial charge in [-0.2, -0.15) is 0 Å². The zero-order valence-corrected chi connectivity index (χ0v) is 8.79. The molecule has 1 heterocycles. The van der Waals surface area contributed by atoms with Crippen LogP contribution in [0.1, 0.15) is 0 Å². The SMILES string of the molecule is CNc1nccn1-c1ccc(Cl)cc1F. The van der Waals surface area contributed by atoms with E-state index in [0.29, 0.717) is 16.7 Å². The fraction of sp³-hybridized carbons (Fsp3) is 0.100. The molecule has 15 heavy (non-hydrogen) atoms. The molecule has 0 fully saturated rings. The van der Waals surface area contributed by atoms with E-state index >= 15 is 0 Å². The molecular formula is C10H9ClFN3. The highest BCUT2D eigenvalue weighted by Crippen LogP contribution is 2.20. The number of hydrogen-bond donors (Lipinski definition) is 1. The van der Waals surface area contributed by atoms with Crippen LogP contribution in [-0.2, 0) is 0 Å². The monoisotopic (exact) mass is 225 g/mol. The molecule has 0 bridgehead atoms. The van der Waals surface area contributed by atoms with Gasteiger partial charge in [-0.25, -0.2) is 9.37 Å². The Morgan fingerprint density at radius 2 is 2.27 bits per heavy atom. The second kappa shape index (κ2) is 3.90. The highest BCUT2D eigenvalue weighted by Gasteiger charge is 2.08. The van der Waals surface area contributed by atoms with Crippen LogP contribution >= 0.6 is 11.6 Å². The van der Waals surface area contributed by atoms with Gasteiger partial charge in [0.2, 0.25) is 5.95 Å². The van der Waals surface area contributed by atoms with Gasteiger partial charge in [0, 0.05) is 24.5 Å². The first kappa shape index (κ1) is 9.98. The van der Waals surface area contributed by atoms with Gasteiger partial charge in [0.05, 0.1) is 5.69 Å². The van der Waals surface area contributed by atoms with Gasteiger partial charge in [0.1, 0.15) is 5.82 Å². The number of imidazole rings is 1. The molecule has 1 N–H and O–H groups in total. The van der Waals surface area contributed by atoms with Crippen molar-refractivity contribution in [3.05, 3.63) is 41.4 Å². The summed E-state index contributed by atoms with van der Waals surface area (Å²) in [5.41, 5.74) is 0.418. The molecule has 0 amide bonds. The first-order valence-electron chi connectivity index (χ1n) is 4.39. The van der Waals surface area contributed by atoms with Crippen LogP contribution in [0.25, 0.3) is 5.69 Å². The fourth-order valence-corrected chi connectivity index (χ4v) is 1.52. The Hall–Kier alpha value is -1.55. The first-order valence-corrected chi connectivity index (χ1v) is 4.76. The summed E-state index contributed by atoms with van der Waals surface area (Å²) in [6.07, 6.45) is 3.28. The summed E-state index contributed by atoms with van der Waals surface area (Å²) in [7, 11) is 1.73. The highest BCUT2D eigenvalue weighted by atomic mass is 35.5. The van der Waals surface area contributed by atoms with Crippen molar-refractivity contribution < 1.29 is 4.39 Å². The molecule has 0 atom stereocenters. The van der Waals surface area contributed by atoms with E-state index in [1.807, 2.05) is 0 Å². The standard InChI is InChI=1S/C10H9ClFN3/c1-13-10-14-4-5-15(10)9-3-2-7(11)6-8(9)12/h2-6H,1H3,(H,13,14). The molecule has 0 radical (unpaired) electrons. The Balaban J connectivity index is 2.54. The van der Waals surface area contributed by atoms with Crippen molar-refractivity contribution in [3.63, 3.8) is 0 Å². The van der Waals surface area contributed by atoms with Crippen LogP contribution < -0.4 is 5.32 Å². The molecule has 5 heteroatoms. The van der Waals surface area contributed by atoms with Crippen molar-refractivity contribution in [2.24, 2.45) is 0 Å². The van der Waals surface area contributed by atoms with Crippen LogP contribution in [-0.4, -0.2) is 16.6 Å². The number of benzene rings is 1. The van der Waals surface area contributed by atoms with Gasteiger partial charge < -0.3 is 5.32 Å². The topological polar surface area (TPSA) is 29.9 Å². The zero-order chi connectivity index (χ0) is 10.8. The van der Waals surface area contributed by atoms with Crippen LogP contribution in [0.3, 0.4) is 0 Å². The van der Waals surface area contributed by atoms with E-state index in [1.165, 1.54) is 6.07 Å². The maximum absolute atomic E-state index is 13.6. The van der Waals surface area contributed by atoms with Gasteiger partial charge >= 0.3 is 0 Å². The third-order valence-corrected chi connectivity index (χ3v) is 2.27. The summed E-state index contributed by atoms with van der Waals surface area (Å²) in [5, 5.41) is 3.25. The highest BCUT2D eigenvalue weighted by molar-refractivity contribution is 6.30. The molecule has 3 nitrogen and oxygen atoms in total. The normalized spacial score (nSPS) is 10.3. The Morgan fingerprint density at radius 3 is 2.93 bits per heavy atom. The van der Waals surface area contributed by atoms with E-state index in [2.05, 4.69) is 10.3 Å². The molecule has 0 aliphatic carbocycles. The molecule has 0 aliphatic heterocycles. The number of anilines is 1. The minimum absolute atomic E-state index is 0.377. The third-order valence-electron chi connectivity index (χ3n) is 2.03. The lowest BCUT2D eigenvalue weighted by molar-refractivity contribution is 0.618. The Morgan fingerprint density at radius 1 is 1.47 bits per heavy atom. The van der Waals surface area contributed by atoms with E-state index in [1.54, 1.807) is 36.1 Å². The molecule has 0 saturated carbocycles. The summed E-state index contributed by atoms with van der Waals surface area (Å²) in [6.45, 7) is 0. The molecule has 1 aromatic heterocycles. The number of halogens is 2. The molecule has 1 aromatic carbocycles. The van der Waals surface area contributed by atoms with E-state index < -0.39 is 0 Å². The van der Waals surface area contributed by atoms with Crippen molar-refractivity contribution in [2.75, 3.05) is 12.4 Å². The van der Waals surface area contributed by atoms with Crippen LogP contribution in [0.5, 0.6) is 0 Å². The fourth-order valence-electron chi connectivity index (χ4n) is 1.36. The van der Waals surface area contributed by atoms with E-state index in [9.17, 15) is 4.39 Å². The average molecular weight is 226 g/mol. The van der Waals surface area contributed by atoms with Gasteiger partial charge in [0.15, 0.2) is 0 Å². The first-order chi connectivity index (χ1) is 7.22. The van der Waals surface area contributed by atoms with Crippen LogP contribution in [0.2, 0.25) is 5.02 Å². The van der Waals surface area contributed by atoms with Crippen LogP contribution in [0, 0.1) is 5.82 Å². The Labute approximate surface area is 91.5 Å². The number of hydrogen-bond acceptors (Lipinski definition) is 2. The van der Waals surface area contributed by atoms with E-state index in [-0.39, 0.29) is 5.82 Å². The largest absolute Gasteiger partial charge is 0.358 e. The lowest BCUT2D eigenvalue weighted by Crippen LogP contribution is -2.02. The maximum atomic E-state index is 13.6. The lowest BCUT2D eigenvalue weighted by atomic mass is 10.3. The molecule has 0 unspecified atom stereocenters. The number of nitrogens with one attached hydrogen (secondary N) is 1. The quantitative estimate of drug-likeness (QED) is 0.852. The summed E-state index contributed by atoms with van der Waals surface area (Å²) >= 11 is 5.67. The molecule has 0 saturated heterocycles. The van der Waals surface area contributed by atoms with Gasteiger partial charge in [0.25, 0.3) is 0 Å². The smallest absolute Gasteiger partial charge is 0.207 e. The van der Waals surface area contributed by atoms with Crippen molar-refractivity contribution >= 4 is 17.5 Å². The van der Waals surface area contributed by atoms with E-state index in [0.717, 1.165) is 0 Å². The Kier molecular flexibility index (Phi) is 2.60. The van der Waals surface area contributed by atoms with Gasteiger partial charge in [-0.05, 0) is 18.2 Å². The minimum Gasteiger partial charge on any atom is -0.358 e. The van der Waals surface area contributed by atoms with Crippen molar-refractivity contribution in [2.45, 2.75) is 0 Å². The Bertz CT molecular complexity index is 481. The predicted molar refractivity (Wildman–Crippen MR) is 58.1 cm³/mol. The summed E-state index contributed by atoms with van der Waals surface area (Å²) in [6, 6.07) is 4.52. The average Bonchev–Trinajstić information content (AvgIpc) is 2.65. The maximum Gasteiger partial charge on any atom is 0.207 e. The molecular weight excluding hydrogens is 217 g/mol. The van der Waals surface area contributed by atoms with Gasteiger partial charge in [-0.15, -0.1) is 0 Å². The number of aromatic nitrogens is 2. The lowest BCUT2D eigenvalue weighted by Gasteiger charge is -2.08. The molecule has 0 aliphatic rings. The third kappa shape index (κ3) is 1.80. The zero-order valence-electron chi connectivity index (χ0n) is 8.04. The second-order valence-electron chi connectivity index (χ2n) is 2.97. The van der Waals surface area contributed by atoms with Gasteiger partial charge in [-0.3, -0.25) is 4.57 Å². The number of nitrogens with zero attached hydrogens (tertiary/aromatic N) is 2. The summed E-state index contributed by atoms with van der Waals surface area (Å²) in [4.78, 5) is 4.03. The molecule has 2 aromatic rings. The van der Waals surface area contributed by atoms with E-state index in [4.69, 9.17) is 11.6 Å². The second-order valence-corrected chi connectivity index (χ2v) is 3.40. The summed E-state index contributed by atoms with van der Waals surface area (Å²) < 4.78 is 15.2. The number of rotatable bonds is 2. The predicted octanol–water partition coefficient (Wildman–Crippen LogP) is 2.71. The summed E-state index contributed by atoms with van der Waals surface area (Å²) in [5.74, 6) is 0.202. The molecule has 0 spiro atoms. The van der Waals surface area contributed by atoms with Crippen LogP contribution in [0.15, 0.2) is 30.6 Å². The minimum atomic E-state index is -0.378. The van der Waals surface area contributed by atoms with Crippen molar-refractivity contribution in [1.82, 2.24) is 9.55 Å². The van der Waals surface area contributed by atoms with Crippen LogP contribution in [0.4, 0.5) is 10.3 Å². The van der Waals surface area contributed by atoms with Gasteiger partial charge in [-0.1, -0.05) is 11.6 Å². The van der Waals surface area contributed by atoms with Crippen molar-refractivity contribution in [3.8, 4) is 5.69 Å². The molecule has 2 rings (SSSR count). The molecule has 78 valence electrons. The van der Waals surface area contributed by atoms with Crippen molar-refractivity contribution in [1.29, 1.82) is 0 Å².